The van der Waals surface area contributed by atoms with Crippen molar-refractivity contribution in [1.29, 1.82) is 0 Å². The molecular formula is C22H27FN4O2. The maximum Gasteiger partial charge on any atom is 0.255 e. The summed E-state index contributed by atoms with van der Waals surface area (Å²) in [6.07, 6.45) is 0. The summed E-state index contributed by atoms with van der Waals surface area (Å²) >= 11 is 0. The van der Waals surface area contributed by atoms with Crippen molar-refractivity contribution in [3.05, 3.63) is 53.8 Å². The van der Waals surface area contributed by atoms with E-state index in [1.54, 1.807) is 12.1 Å². The largest absolute Gasteiger partial charge is 0.369 e. The third kappa shape index (κ3) is 5.32. The lowest BCUT2D eigenvalue weighted by atomic mass is 10.1. The molecule has 0 aliphatic carbocycles. The van der Waals surface area contributed by atoms with Crippen molar-refractivity contribution in [3.8, 4) is 0 Å². The molecule has 0 bridgehead atoms. The van der Waals surface area contributed by atoms with E-state index in [9.17, 15) is 14.0 Å². The summed E-state index contributed by atoms with van der Waals surface area (Å²) in [5.41, 5.74) is 2.06. The lowest BCUT2D eigenvalue weighted by Crippen LogP contribution is -2.48. The summed E-state index contributed by atoms with van der Waals surface area (Å²) in [6.45, 7) is 9.71. The molecule has 1 fully saturated rings. The average molecular weight is 398 g/mol. The van der Waals surface area contributed by atoms with Gasteiger partial charge in [-0.2, -0.15) is 0 Å². The molecule has 1 aliphatic heterocycles. The van der Waals surface area contributed by atoms with Crippen LogP contribution in [0.25, 0.3) is 0 Å². The van der Waals surface area contributed by atoms with E-state index in [2.05, 4.69) is 34.3 Å². The maximum atomic E-state index is 13.7. The fourth-order valence-corrected chi connectivity index (χ4v) is 3.41. The summed E-state index contributed by atoms with van der Waals surface area (Å²) < 4.78 is 13.7. The van der Waals surface area contributed by atoms with Crippen LogP contribution in [0.2, 0.25) is 0 Å². The average Bonchev–Trinajstić information content (AvgIpc) is 2.70. The highest BCUT2D eigenvalue weighted by atomic mass is 19.1. The van der Waals surface area contributed by atoms with Gasteiger partial charge < -0.3 is 15.5 Å². The summed E-state index contributed by atoms with van der Waals surface area (Å²) in [6, 6.07) is 12.1. The van der Waals surface area contributed by atoms with Crippen LogP contribution in [0, 0.1) is 5.82 Å². The van der Waals surface area contributed by atoms with Gasteiger partial charge in [0.05, 0.1) is 5.69 Å². The number of carbonyl (C=O) groups excluding carboxylic acids is 2. The van der Waals surface area contributed by atoms with Crippen LogP contribution < -0.4 is 15.5 Å². The maximum absolute atomic E-state index is 13.7. The van der Waals surface area contributed by atoms with Crippen LogP contribution in [0.4, 0.5) is 21.5 Å². The van der Waals surface area contributed by atoms with Gasteiger partial charge in [0.2, 0.25) is 5.91 Å². The zero-order chi connectivity index (χ0) is 21.0. The Balaban J connectivity index is 1.63. The van der Waals surface area contributed by atoms with Crippen molar-refractivity contribution < 1.29 is 14.0 Å². The minimum Gasteiger partial charge on any atom is -0.369 e. The van der Waals surface area contributed by atoms with Gasteiger partial charge in [-0.25, -0.2) is 4.39 Å². The number of halogens is 1. The predicted octanol–water partition coefficient (Wildman–Crippen LogP) is 3.57. The number of amides is 2. The minimum absolute atomic E-state index is 0.0335. The molecule has 2 amide bonds. The monoisotopic (exact) mass is 398 g/mol. The molecule has 1 aliphatic rings. The van der Waals surface area contributed by atoms with Gasteiger partial charge >= 0.3 is 0 Å². The predicted molar refractivity (Wildman–Crippen MR) is 114 cm³/mol. The second-order valence-electron chi connectivity index (χ2n) is 7.49. The molecule has 2 aromatic rings. The quantitative estimate of drug-likeness (QED) is 0.808. The van der Waals surface area contributed by atoms with Crippen molar-refractivity contribution in [2.45, 2.75) is 26.8 Å². The fourth-order valence-electron chi connectivity index (χ4n) is 3.41. The standard InChI is InChI=1S/C22H27FN4O2/c1-15(2)26-10-12-27(13-11-26)19-7-4-17(5-8-19)22(29)25-18-6-9-20(23)21(14-18)24-16(3)28/h4-9,14-15H,10-13H2,1-3H3,(H,24,28)(H,25,29). The van der Waals surface area contributed by atoms with Gasteiger partial charge in [-0.1, -0.05) is 0 Å². The van der Waals surface area contributed by atoms with Crippen LogP contribution in [0.15, 0.2) is 42.5 Å². The van der Waals surface area contributed by atoms with E-state index >= 15 is 0 Å². The number of rotatable bonds is 5. The van der Waals surface area contributed by atoms with Gasteiger partial charge in [-0.05, 0) is 56.3 Å². The molecule has 29 heavy (non-hydrogen) atoms. The first-order chi connectivity index (χ1) is 13.8. The lowest BCUT2D eigenvalue weighted by molar-refractivity contribution is -0.114. The van der Waals surface area contributed by atoms with E-state index < -0.39 is 5.82 Å². The number of anilines is 3. The van der Waals surface area contributed by atoms with Crippen LogP contribution in [-0.2, 0) is 4.79 Å². The van der Waals surface area contributed by atoms with Gasteiger partial charge in [0.15, 0.2) is 0 Å². The topological polar surface area (TPSA) is 64.7 Å². The zero-order valence-electron chi connectivity index (χ0n) is 17.0. The Kier molecular flexibility index (Phi) is 6.49. The van der Waals surface area contributed by atoms with Crippen molar-refractivity contribution in [1.82, 2.24) is 4.90 Å². The third-order valence-corrected chi connectivity index (χ3v) is 5.07. The van der Waals surface area contributed by atoms with Gasteiger partial charge in [-0.3, -0.25) is 14.5 Å². The summed E-state index contributed by atoms with van der Waals surface area (Å²) in [7, 11) is 0. The van der Waals surface area contributed by atoms with Crippen LogP contribution >= 0.6 is 0 Å². The number of nitrogens with zero attached hydrogens (tertiary/aromatic N) is 2. The Bertz CT molecular complexity index is 875. The van der Waals surface area contributed by atoms with Crippen molar-refractivity contribution in [2.24, 2.45) is 0 Å². The number of carbonyl (C=O) groups is 2. The lowest BCUT2D eigenvalue weighted by Gasteiger charge is -2.38. The molecule has 1 heterocycles. The number of hydrogen-bond donors (Lipinski definition) is 2. The molecule has 3 rings (SSSR count). The van der Waals surface area contributed by atoms with E-state index in [1.807, 2.05) is 12.1 Å². The fraction of sp³-hybridized carbons (Fsp3) is 0.364. The molecule has 0 unspecified atom stereocenters. The highest BCUT2D eigenvalue weighted by molar-refractivity contribution is 6.04. The van der Waals surface area contributed by atoms with Crippen molar-refractivity contribution in [2.75, 3.05) is 41.7 Å². The Labute approximate surface area is 170 Å². The van der Waals surface area contributed by atoms with Crippen molar-refractivity contribution in [3.63, 3.8) is 0 Å². The summed E-state index contributed by atoms with van der Waals surface area (Å²) in [5.74, 6) is -1.22. The Hall–Kier alpha value is -2.93. The van der Waals surface area contributed by atoms with Crippen LogP contribution in [-0.4, -0.2) is 48.9 Å². The summed E-state index contributed by atoms with van der Waals surface area (Å²) in [5, 5.41) is 5.15. The van der Waals surface area contributed by atoms with Gasteiger partial charge in [0.25, 0.3) is 5.91 Å². The molecule has 0 aromatic heterocycles. The third-order valence-electron chi connectivity index (χ3n) is 5.07. The van der Waals surface area contributed by atoms with E-state index in [4.69, 9.17) is 0 Å². The number of benzene rings is 2. The van der Waals surface area contributed by atoms with Gasteiger partial charge in [-0.15, -0.1) is 0 Å². The normalized spacial score (nSPS) is 14.7. The van der Waals surface area contributed by atoms with E-state index in [1.165, 1.54) is 25.1 Å². The molecular weight excluding hydrogens is 371 g/mol. The second kappa shape index (κ2) is 9.05. The number of piperazine rings is 1. The number of hydrogen-bond acceptors (Lipinski definition) is 4. The minimum atomic E-state index is -0.555. The zero-order valence-corrected chi connectivity index (χ0v) is 17.0. The van der Waals surface area contributed by atoms with Crippen molar-refractivity contribution >= 4 is 28.9 Å². The molecule has 2 aromatic carbocycles. The Morgan fingerprint density at radius 2 is 1.62 bits per heavy atom. The smallest absolute Gasteiger partial charge is 0.255 e. The number of nitrogens with one attached hydrogen (secondary N) is 2. The van der Waals surface area contributed by atoms with E-state index in [-0.39, 0.29) is 17.5 Å². The Morgan fingerprint density at radius 1 is 0.966 bits per heavy atom. The first-order valence-electron chi connectivity index (χ1n) is 9.81. The Morgan fingerprint density at radius 3 is 2.21 bits per heavy atom. The first-order valence-corrected chi connectivity index (χ1v) is 9.81. The molecule has 154 valence electrons. The summed E-state index contributed by atoms with van der Waals surface area (Å²) in [4.78, 5) is 28.5. The molecule has 6 nitrogen and oxygen atoms in total. The van der Waals surface area contributed by atoms with Crippen LogP contribution in [0.5, 0.6) is 0 Å². The molecule has 0 atom stereocenters. The highest BCUT2D eigenvalue weighted by Gasteiger charge is 2.19. The van der Waals surface area contributed by atoms with E-state index in [0.717, 1.165) is 31.9 Å². The second-order valence-corrected chi connectivity index (χ2v) is 7.49. The molecule has 0 saturated carbocycles. The van der Waals surface area contributed by atoms with Crippen LogP contribution in [0.1, 0.15) is 31.1 Å². The van der Waals surface area contributed by atoms with Gasteiger partial charge in [0, 0.05) is 56.1 Å². The van der Waals surface area contributed by atoms with Gasteiger partial charge in [0.1, 0.15) is 5.82 Å². The molecule has 2 N–H and O–H groups in total. The molecule has 1 saturated heterocycles. The SMILES string of the molecule is CC(=O)Nc1cc(NC(=O)c2ccc(N3CCN(C(C)C)CC3)cc2)ccc1F. The van der Waals surface area contributed by atoms with E-state index in [0.29, 0.717) is 17.3 Å². The molecule has 7 heteroatoms. The van der Waals surface area contributed by atoms with Crippen LogP contribution in [0.3, 0.4) is 0 Å². The molecule has 0 spiro atoms. The highest BCUT2D eigenvalue weighted by Crippen LogP contribution is 2.22. The molecule has 0 radical (unpaired) electrons. The first kappa shape index (κ1) is 20.8.